The van der Waals surface area contributed by atoms with E-state index in [-0.39, 0.29) is 5.41 Å². The summed E-state index contributed by atoms with van der Waals surface area (Å²) in [6.07, 6.45) is 13.0. The van der Waals surface area contributed by atoms with E-state index in [9.17, 15) is 19.8 Å². The Bertz CT molecular complexity index is 716. The maximum atomic E-state index is 11.3. The van der Waals surface area contributed by atoms with E-state index in [2.05, 4.69) is 25.1 Å². The summed E-state index contributed by atoms with van der Waals surface area (Å²) in [6.45, 7) is 5.75. The summed E-state index contributed by atoms with van der Waals surface area (Å²) in [6, 6.07) is 6.77. The molecule has 0 spiro atoms. The molecule has 0 bridgehead atoms. The lowest BCUT2D eigenvalue weighted by Crippen LogP contribution is -2.23. The molecule has 30 heavy (non-hydrogen) atoms. The third-order valence-electron chi connectivity index (χ3n) is 6.85. The van der Waals surface area contributed by atoms with Crippen LogP contribution in [0.25, 0.3) is 0 Å². The molecule has 0 heterocycles. The first-order valence-corrected chi connectivity index (χ1v) is 11.7. The number of carboxylic acid groups (broad SMARTS) is 2. The van der Waals surface area contributed by atoms with Gasteiger partial charge in [0.1, 0.15) is 0 Å². The van der Waals surface area contributed by atoms with Gasteiger partial charge in [0, 0.05) is 0 Å². The van der Waals surface area contributed by atoms with Crippen molar-refractivity contribution in [2.45, 2.75) is 104 Å². The predicted molar refractivity (Wildman–Crippen MR) is 121 cm³/mol. The van der Waals surface area contributed by atoms with Crippen LogP contribution in [0.2, 0.25) is 0 Å². The molecule has 0 unspecified atom stereocenters. The summed E-state index contributed by atoms with van der Waals surface area (Å²) in [5, 5.41) is 18.5. The molecule has 0 aromatic heterocycles. The average Bonchev–Trinajstić information content (AvgIpc) is 3.46. The van der Waals surface area contributed by atoms with Crippen molar-refractivity contribution in [1.82, 2.24) is 0 Å². The Morgan fingerprint density at radius 2 is 1.50 bits per heavy atom. The van der Waals surface area contributed by atoms with Gasteiger partial charge in [-0.2, -0.15) is 0 Å². The molecule has 1 fully saturated rings. The molecule has 168 valence electrons. The van der Waals surface area contributed by atoms with Crippen molar-refractivity contribution in [1.29, 1.82) is 0 Å². The number of hydrogen-bond donors (Lipinski definition) is 2. The van der Waals surface area contributed by atoms with Crippen molar-refractivity contribution in [2.24, 2.45) is 10.8 Å². The zero-order chi connectivity index (χ0) is 22.2. The van der Waals surface area contributed by atoms with E-state index in [4.69, 9.17) is 0 Å². The summed E-state index contributed by atoms with van der Waals surface area (Å²) in [5.41, 5.74) is 3.19. The molecular weight excluding hydrogens is 376 g/mol. The van der Waals surface area contributed by atoms with E-state index in [0.29, 0.717) is 0 Å². The van der Waals surface area contributed by atoms with E-state index >= 15 is 0 Å². The lowest BCUT2D eigenvalue weighted by Gasteiger charge is -2.18. The Balaban J connectivity index is 1.69. The van der Waals surface area contributed by atoms with Gasteiger partial charge < -0.3 is 10.2 Å². The summed E-state index contributed by atoms with van der Waals surface area (Å²) in [4.78, 5) is 22.4. The molecule has 2 N–H and O–H groups in total. The number of rotatable bonds is 15. The molecule has 4 nitrogen and oxygen atoms in total. The fourth-order valence-electron chi connectivity index (χ4n) is 4.25. The largest absolute Gasteiger partial charge is 0.481 e. The molecule has 0 radical (unpaired) electrons. The zero-order valence-corrected chi connectivity index (χ0v) is 19.1. The highest BCUT2D eigenvalue weighted by Crippen LogP contribution is 2.50. The summed E-state index contributed by atoms with van der Waals surface area (Å²) >= 11 is 0. The molecule has 1 aliphatic carbocycles. The van der Waals surface area contributed by atoms with Crippen molar-refractivity contribution < 1.29 is 19.8 Å². The molecule has 1 saturated carbocycles. The van der Waals surface area contributed by atoms with Gasteiger partial charge in [0.15, 0.2) is 0 Å². The summed E-state index contributed by atoms with van der Waals surface area (Å²) < 4.78 is 0. The maximum Gasteiger partial charge on any atom is 0.309 e. The maximum absolute atomic E-state index is 11.3. The van der Waals surface area contributed by atoms with Crippen LogP contribution in [0.15, 0.2) is 18.2 Å². The number of benzene rings is 1. The minimum Gasteiger partial charge on any atom is -0.481 e. The first kappa shape index (κ1) is 24.4. The summed E-state index contributed by atoms with van der Waals surface area (Å²) in [7, 11) is 0. The highest BCUT2D eigenvalue weighted by atomic mass is 16.4. The second-order valence-corrected chi connectivity index (χ2v) is 10.0. The fraction of sp³-hybridized carbons (Fsp3) is 0.692. The second kappa shape index (κ2) is 11.0. The molecule has 1 aromatic rings. The van der Waals surface area contributed by atoms with Crippen LogP contribution < -0.4 is 0 Å². The Labute approximate surface area is 182 Å². The van der Waals surface area contributed by atoms with Crippen LogP contribution >= 0.6 is 0 Å². The number of unbranched alkanes of at least 4 members (excludes halogenated alkanes) is 5. The first-order valence-electron chi connectivity index (χ1n) is 11.7. The average molecular weight is 417 g/mol. The van der Waals surface area contributed by atoms with Gasteiger partial charge in [0.2, 0.25) is 0 Å². The van der Waals surface area contributed by atoms with Gasteiger partial charge in [0.25, 0.3) is 0 Å². The smallest absolute Gasteiger partial charge is 0.309 e. The predicted octanol–water partition coefficient (Wildman–Crippen LogP) is 6.57. The molecule has 1 aromatic carbocycles. The van der Waals surface area contributed by atoms with Gasteiger partial charge in [-0.05, 0) is 83.3 Å². The summed E-state index contributed by atoms with van der Waals surface area (Å²) in [5.74, 6) is -1.31. The van der Waals surface area contributed by atoms with Crippen molar-refractivity contribution in [3.05, 3.63) is 34.9 Å². The van der Waals surface area contributed by atoms with Gasteiger partial charge in [0.05, 0.1) is 10.8 Å². The third kappa shape index (κ3) is 7.45. The van der Waals surface area contributed by atoms with E-state index < -0.39 is 17.4 Å². The van der Waals surface area contributed by atoms with Crippen molar-refractivity contribution >= 4 is 11.9 Å². The lowest BCUT2D eigenvalue weighted by atomic mass is 9.87. The standard InChI is InChI=1S/C26H40O4/c1-20-13-14-21(11-7-4-5-9-15-25(2,3)23(27)28)22(19-20)12-8-6-10-16-26(17-18-26)24(29)30/h13-14,19H,4-12,15-18H2,1-3H3,(H,27,28)(H,29,30). The highest BCUT2D eigenvalue weighted by Gasteiger charge is 2.49. The van der Waals surface area contributed by atoms with Crippen LogP contribution in [0.5, 0.6) is 0 Å². The van der Waals surface area contributed by atoms with Gasteiger partial charge in [-0.3, -0.25) is 9.59 Å². The molecule has 0 atom stereocenters. The van der Waals surface area contributed by atoms with Crippen LogP contribution in [0.4, 0.5) is 0 Å². The molecule has 1 aliphatic rings. The van der Waals surface area contributed by atoms with Crippen LogP contribution in [0, 0.1) is 17.8 Å². The Hall–Kier alpha value is -1.84. The van der Waals surface area contributed by atoms with Crippen LogP contribution in [0.1, 0.15) is 101 Å². The van der Waals surface area contributed by atoms with Crippen molar-refractivity contribution in [2.75, 3.05) is 0 Å². The molecule has 0 aliphatic heterocycles. The van der Waals surface area contributed by atoms with Crippen LogP contribution in [0.3, 0.4) is 0 Å². The van der Waals surface area contributed by atoms with E-state index in [1.54, 1.807) is 13.8 Å². The normalized spacial score (nSPS) is 15.2. The Kier molecular flexibility index (Phi) is 8.93. The van der Waals surface area contributed by atoms with Crippen LogP contribution in [-0.2, 0) is 22.4 Å². The Morgan fingerprint density at radius 3 is 2.10 bits per heavy atom. The zero-order valence-electron chi connectivity index (χ0n) is 19.1. The van der Waals surface area contributed by atoms with E-state index in [0.717, 1.165) is 83.5 Å². The fourth-order valence-corrected chi connectivity index (χ4v) is 4.25. The number of carboxylic acids is 2. The highest BCUT2D eigenvalue weighted by molar-refractivity contribution is 5.77. The Morgan fingerprint density at radius 1 is 0.900 bits per heavy atom. The number of carbonyl (C=O) groups is 2. The van der Waals surface area contributed by atoms with Crippen molar-refractivity contribution in [3.63, 3.8) is 0 Å². The van der Waals surface area contributed by atoms with Gasteiger partial charge >= 0.3 is 11.9 Å². The SMILES string of the molecule is Cc1ccc(CCCCCCC(C)(C)C(=O)O)c(CCCCCC2(C(=O)O)CC2)c1. The monoisotopic (exact) mass is 416 g/mol. The van der Waals surface area contributed by atoms with E-state index in [1.807, 2.05) is 0 Å². The van der Waals surface area contributed by atoms with Gasteiger partial charge in [-0.25, -0.2) is 0 Å². The number of hydrogen-bond acceptors (Lipinski definition) is 2. The molecule has 2 rings (SSSR count). The van der Waals surface area contributed by atoms with Crippen LogP contribution in [-0.4, -0.2) is 22.2 Å². The van der Waals surface area contributed by atoms with E-state index in [1.165, 1.54) is 16.7 Å². The number of aryl methyl sites for hydroxylation is 3. The molecular formula is C26H40O4. The van der Waals surface area contributed by atoms with Gasteiger partial charge in [-0.1, -0.05) is 55.9 Å². The molecule has 0 saturated heterocycles. The molecule has 0 amide bonds. The van der Waals surface area contributed by atoms with Crippen molar-refractivity contribution in [3.8, 4) is 0 Å². The molecule has 4 heteroatoms. The quantitative estimate of drug-likeness (QED) is 0.317. The second-order valence-electron chi connectivity index (χ2n) is 10.0. The third-order valence-corrected chi connectivity index (χ3v) is 6.85. The topological polar surface area (TPSA) is 74.6 Å². The minimum atomic E-state index is -0.706. The number of aliphatic carboxylic acids is 2. The lowest BCUT2D eigenvalue weighted by molar-refractivity contribution is -0.147. The van der Waals surface area contributed by atoms with Gasteiger partial charge in [-0.15, -0.1) is 0 Å². The first-order chi connectivity index (χ1) is 14.2. The minimum absolute atomic E-state index is 0.381.